The molecule has 130 valence electrons. The lowest BCUT2D eigenvalue weighted by atomic mass is 10.1. The summed E-state index contributed by atoms with van der Waals surface area (Å²) < 4.78 is 0. The van der Waals surface area contributed by atoms with Crippen LogP contribution in [0.1, 0.15) is 35.3 Å². The zero-order chi connectivity index (χ0) is 18.0. The molecule has 1 atom stereocenters. The first-order valence-electron chi connectivity index (χ1n) is 8.79. The van der Waals surface area contributed by atoms with E-state index in [4.69, 9.17) is 0 Å². The molecule has 4 heteroatoms. The van der Waals surface area contributed by atoms with Crippen LogP contribution in [0.25, 0.3) is 0 Å². The van der Waals surface area contributed by atoms with E-state index < -0.39 is 6.04 Å². The molecule has 0 radical (unpaired) electrons. The first kappa shape index (κ1) is 17.2. The molecule has 2 aromatic rings. The third-order valence-electron chi connectivity index (χ3n) is 4.84. The molecule has 1 fully saturated rings. The largest absolute Gasteiger partial charge is 0.325 e. The minimum absolute atomic E-state index is 0.0310. The molecule has 0 spiro atoms. The highest BCUT2D eigenvalue weighted by Gasteiger charge is 2.35. The number of benzene rings is 2. The van der Waals surface area contributed by atoms with Gasteiger partial charge in [-0.3, -0.25) is 9.59 Å². The van der Waals surface area contributed by atoms with Crippen molar-refractivity contribution in [1.82, 2.24) is 4.90 Å². The fourth-order valence-electron chi connectivity index (χ4n) is 3.26. The number of hydrogen-bond acceptors (Lipinski definition) is 2. The van der Waals surface area contributed by atoms with Gasteiger partial charge in [0.1, 0.15) is 6.04 Å². The van der Waals surface area contributed by atoms with Crippen LogP contribution in [0.4, 0.5) is 5.69 Å². The maximum atomic E-state index is 12.8. The normalized spacial score (nSPS) is 17.7. The molecular formula is C21H24N2O2. The smallest absolute Gasteiger partial charge is 0.254 e. The minimum atomic E-state index is -0.465. The summed E-state index contributed by atoms with van der Waals surface area (Å²) in [6.07, 6.45) is 0.976. The molecule has 25 heavy (non-hydrogen) atoms. The van der Waals surface area contributed by atoms with Gasteiger partial charge in [0.15, 0.2) is 0 Å². The number of aryl methyl sites for hydroxylation is 2. The van der Waals surface area contributed by atoms with E-state index in [2.05, 4.69) is 19.1 Å². The van der Waals surface area contributed by atoms with Crippen molar-refractivity contribution in [1.29, 1.82) is 0 Å². The van der Waals surface area contributed by atoms with Gasteiger partial charge in [-0.15, -0.1) is 0 Å². The van der Waals surface area contributed by atoms with Crippen molar-refractivity contribution < 1.29 is 9.59 Å². The number of rotatable bonds is 3. The van der Waals surface area contributed by atoms with Crippen LogP contribution in [0, 0.1) is 6.92 Å². The summed E-state index contributed by atoms with van der Waals surface area (Å²) in [7, 11) is 0. The molecule has 1 saturated heterocycles. The zero-order valence-corrected chi connectivity index (χ0v) is 15.0. The number of hydrogen-bond donors (Lipinski definition) is 0. The van der Waals surface area contributed by atoms with Crippen LogP contribution in [0.3, 0.4) is 0 Å². The molecule has 1 aliphatic rings. The Morgan fingerprint density at radius 1 is 1.12 bits per heavy atom. The third-order valence-corrected chi connectivity index (χ3v) is 4.84. The van der Waals surface area contributed by atoms with Crippen LogP contribution >= 0.6 is 0 Å². The van der Waals surface area contributed by atoms with Gasteiger partial charge in [-0.1, -0.05) is 36.8 Å². The molecule has 1 aliphatic heterocycles. The molecule has 0 N–H and O–H groups in total. The van der Waals surface area contributed by atoms with E-state index in [-0.39, 0.29) is 11.8 Å². The van der Waals surface area contributed by atoms with Crippen molar-refractivity contribution in [2.45, 2.75) is 33.2 Å². The molecule has 0 saturated carbocycles. The summed E-state index contributed by atoms with van der Waals surface area (Å²) in [5.74, 6) is -0.109. The molecule has 1 unspecified atom stereocenters. The van der Waals surface area contributed by atoms with Crippen LogP contribution in [-0.2, 0) is 11.2 Å². The van der Waals surface area contributed by atoms with Crippen molar-refractivity contribution in [2.75, 3.05) is 18.0 Å². The highest BCUT2D eigenvalue weighted by Crippen LogP contribution is 2.22. The molecule has 2 amide bonds. The Hall–Kier alpha value is -2.62. The highest BCUT2D eigenvalue weighted by molar-refractivity contribution is 6.03. The quantitative estimate of drug-likeness (QED) is 0.861. The first-order chi connectivity index (χ1) is 12.0. The predicted octanol–water partition coefficient (Wildman–Crippen LogP) is 3.43. The van der Waals surface area contributed by atoms with E-state index in [0.717, 1.165) is 17.7 Å². The second-order valence-electron chi connectivity index (χ2n) is 6.55. The average molecular weight is 336 g/mol. The Morgan fingerprint density at radius 3 is 2.48 bits per heavy atom. The maximum absolute atomic E-state index is 12.8. The van der Waals surface area contributed by atoms with Crippen LogP contribution in [0.2, 0.25) is 0 Å². The first-order valence-corrected chi connectivity index (χ1v) is 8.79. The molecule has 2 aromatic carbocycles. The Kier molecular flexibility index (Phi) is 4.88. The summed E-state index contributed by atoms with van der Waals surface area (Å²) in [5, 5.41) is 0. The van der Waals surface area contributed by atoms with E-state index in [1.54, 1.807) is 9.80 Å². The summed E-state index contributed by atoms with van der Waals surface area (Å²) in [5.41, 5.74) is 3.83. The summed E-state index contributed by atoms with van der Waals surface area (Å²) in [4.78, 5) is 29.1. The van der Waals surface area contributed by atoms with Gasteiger partial charge in [-0.25, -0.2) is 0 Å². The van der Waals surface area contributed by atoms with Gasteiger partial charge in [-0.05, 0) is 50.1 Å². The molecule has 0 aliphatic carbocycles. The lowest BCUT2D eigenvalue weighted by Crippen LogP contribution is -2.57. The molecular weight excluding hydrogens is 312 g/mol. The van der Waals surface area contributed by atoms with E-state index in [1.165, 1.54) is 5.56 Å². The van der Waals surface area contributed by atoms with Crippen LogP contribution in [0.15, 0.2) is 48.5 Å². The molecule has 4 nitrogen and oxygen atoms in total. The number of amides is 2. The fraction of sp³-hybridized carbons (Fsp3) is 0.333. The van der Waals surface area contributed by atoms with Gasteiger partial charge >= 0.3 is 0 Å². The van der Waals surface area contributed by atoms with Gasteiger partial charge < -0.3 is 9.80 Å². The van der Waals surface area contributed by atoms with Crippen molar-refractivity contribution in [3.8, 4) is 0 Å². The Balaban J connectivity index is 1.77. The predicted molar refractivity (Wildman–Crippen MR) is 99.9 cm³/mol. The second kappa shape index (κ2) is 7.09. The SMILES string of the molecule is CCc1ccc(N2CCN(C(=O)c3cccc(C)c3)C(C)C2=O)cc1. The Labute approximate surface area is 149 Å². The highest BCUT2D eigenvalue weighted by atomic mass is 16.2. The number of nitrogens with zero attached hydrogens (tertiary/aromatic N) is 2. The van der Waals surface area contributed by atoms with Crippen molar-refractivity contribution in [3.05, 3.63) is 65.2 Å². The van der Waals surface area contributed by atoms with Crippen LogP contribution < -0.4 is 4.90 Å². The second-order valence-corrected chi connectivity index (χ2v) is 6.55. The fourth-order valence-corrected chi connectivity index (χ4v) is 3.26. The maximum Gasteiger partial charge on any atom is 0.254 e. The van der Waals surface area contributed by atoms with Gasteiger partial charge in [0.2, 0.25) is 5.91 Å². The molecule has 3 rings (SSSR count). The summed E-state index contributed by atoms with van der Waals surface area (Å²) in [6.45, 7) is 6.94. The molecule has 0 bridgehead atoms. The van der Waals surface area contributed by atoms with E-state index in [0.29, 0.717) is 18.7 Å². The van der Waals surface area contributed by atoms with Gasteiger partial charge in [0.25, 0.3) is 5.91 Å². The van der Waals surface area contributed by atoms with Crippen molar-refractivity contribution in [2.24, 2.45) is 0 Å². The number of carbonyl (C=O) groups is 2. The topological polar surface area (TPSA) is 40.6 Å². The van der Waals surface area contributed by atoms with Crippen molar-refractivity contribution >= 4 is 17.5 Å². The summed E-state index contributed by atoms with van der Waals surface area (Å²) >= 11 is 0. The molecule has 0 aromatic heterocycles. The lowest BCUT2D eigenvalue weighted by molar-refractivity contribution is -0.124. The Bertz CT molecular complexity index is 783. The standard InChI is InChI=1S/C21H24N2O2/c1-4-17-8-10-19(11-9-17)23-13-12-22(16(3)20(23)24)21(25)18-7-5-6-15(2)14-18/h5-11,14,16H,4,12-13H2,1-3H3. The minimum Gasteiger partial charge on any atom is -0.325 e. The van der Waals surface area contributed by atoms with E-state index in [1.807, 2.05) is 50.2 Å². The summed E-state index contributed by atoms with van der Waals surface area (Å²) in [6, 6.07) is 15.1. The van der Waals surface area contributed by atoms with Gasteiger partial charge in [-0.2, -0.15) is 0 Å². The van der Waals surface area contributed by atoms with Gasteiger partial charge in [0.05, 0.1) is 0 Å². The monoisotopic (exact) mass is 336 g/mol. The molecule has 1 heterocycles. The van der Waals surface area contributed by atoms with E-state index in [9.17, 15) is 9.59 Å². The van der Waals surface area contributed by atoms with Gasteiger partial charge in [0, 0.05) is 24.3 Å². The Morgan fingerprint density at radius 2 is 1.84 bits per heavy atom. The zero-order valence-electron chi connectivity index (χ0n) is 15.0. The van der Waals surface area contributed by atoms with Crippen molar-refractivity contribution in [3.63, 3.8) is 0 Å². The number of carbonyl (C=O) groups excluding carboxylic acids is 2. The van der Waals surface area contributed by atoms with Crippen LogP contribution in [-0.4, -0.2) is 35.8 Å². The number of piperazine rings is 1. The third kappa shape index (κ3) is 3.43. The van der Waals surface area contributed by atoms with E-state index >= 15 is 0 Å². The van der Waals surface area contributed by atoms with Crippen LogP contribution in [0.5, 0.6) is 0 Å². The lowest BCUT2D eigenvalue weighted by Gasteiger charge is -2.39. The number of anilines is 1. The average Bonchev–Trinajstić information content (AvgIpc) is 2.63.